The lowest BCUT2D eigenvalue weighted by Crippen LogP contribution is -2.39. The standard InChI is InChI=1S/C15H21N5O3S/c1-19-13(8-9-16-19)24(21,22)20-10-3-2-7-12(20)15-18-17-14(23-15)11-5-4-6-11/h8-9,11-12H,2-7,10H2,1H3/t12-/m0/s1. The molecule has 24 heavy (non-hydrogen) atoms. The van der Waals surface area contributed by atoms with Crippen LogP contribution in [-0.4, -0.2) is 39.2 Å². The van der Waals surface area contributed by atoms with Gasteiger partial charge in [0.25, 0.3) is 10.0 Å². The second kappa shape index (κ2) is 5.96. The number of aryl methyl sites for hydroxylation is 1. The predicted molar refractivity (Wildman–Crippen MR) is 84.6 cm³/mol. The first kappa shape index (κ1) is 15.8. The van der Waals surface area contributed by atoms with E-state index in [1.165, 1.54) is 27.7 Å². The van der Waals surface area contributed by atoms with Crippen molar-refractivity contribution in [3.05, 3.63) is 24.0 Å². The van der Waals surface area contributed by atoms with Crippen molar-refractivity contribution in [2.24, 2.45) is 7.05 Å². The molecule has 1 atom stereocenters. The van der Waals surface area contributed by atoms with Gasteiger partial charge in [-0.05, 0) is 31.7 Å². The normalized spacial score (nSPS) is 23.3. The first-order valence-electron chi connectivity index (χ1n) is 8.40. The Morgan fingerprint density at radius 2 is 1.92 bits per heavy atom. The number of aromatic nitrogens is 4. The summed E-state index contributed by atoms with van der Waals surface area (Å²) in [5.74, 6) is 1.42. The van der Waals surface area contributed by atoms with Crippen molar-refractivity contribution in [3.63, 3.8) is 0 Å². The van der Waals surface area contributed by atoms with E-state index >= 15 is 0 Å². The van der Waals surface area contributed by atoms with Crippen LogP contribution in [0.5, 0.6) is 0 Å². The van der Waals surface area contributed by atoms with Gasteiger partial charge in [0.1, 0.15) is 6.04 Å². The zero-order valence-corrected chi connectivity index (χ0v) is 14.4. The van der Waals surface area contributed by atoms with Gasteiger partial charge in [-0.25, -0.2) is 8.42 Å². The van der Waals surface area contributed by atoms with Crippen molar-refractivity contribution in [2.45, 2.75) is 55.5 Å². The number of hydrogen-bond acceptors (Lipinski definition) is 6. The fourth-order valence-electron chi connectivity index (χ4n) is 3.38. The third-order valence-corrected chi connectivity index (χ3v) is 6.98. The molecule has 0 radical (unpaired) electrons. The summed E-state index contributed by atoms with van der Waals surface area (Å²) in [5.41, 5.74) is 0. The maximum absolute atomic E-state index is 13.0. The number of nitrogens with zero attached hydrogens (tertiary/aromatic N) is 5. The van der Waals surface area contributed by atoms with Gasteiger partial charge in [0.05, 0.1) is 6.20 Å². The van der Waals surface area contributed by atoms with Crippen LogP contribution in [0.15, 0.2) is 21.7 Å². The average molecular weight is 351 g/mol. The zero-order chi connectivity index (χ0) is 16.7. The summed E-state index contributed by atoms with van der Waals surface area (Å²) in [6.45, 7) is 0.458. The molecule has 2 aromatic heterocycles. The van der Waals surface area contributed by atoms with Crippen molar-refractivity contribution in [2.75, 3.05) is 6.54 Å². The van der Waals surface area contributed by atoms with Crippen LogP contribution < -0.4 is 0 Å². The van der Waals surface area contributed by atoms with Crippen LogP contribution in [0.4, 0.5) is 0 Å². The molecule has 8 nitrogen and oxygen atoms in total. The van der Waals surface area contributed by atoms with Gasteiger partial charge in [-0.15, -0.1) is 10.2 Å². The van der Waals surface area contributed by atoms with Gasteiger partial charge in [-0.2, -0.15) is 9.40 Å². The second-order valence-electron chi connectivity index (χ2n) is 6.53. The van der Waals surface area contributed by atoms with Gasteiger partial charge in [0, 0.05) is 19.5 Å². The molecule has 1 aliphatic carbocycles. The van der Waals surface area contributed by atoms with Crippen LogP contribution in [-0.2, 0) is 17.1 Å². The van der Waals surface area contributed by atoms with E-state index in [2.05, 4.69) is 15.3 Å². The van der Waals surface area contributed by atoms with Crippen molar-refractivity contribution in [3.8, 4) is 0 Å². The molecule has 0 spiro atoms. The molecular weight excluding hydrogens is 330 g/mol. The highest BCUT2D eigenvalue weighted by Crippen LogP contribution is 2.39. The van der Waals surface area contributed by atoms with Crippen LogP contribution in [0, 0.1) is 0 Å². The fraction of sp³-hybridized carbons (Fsp3) is 0.667. The number of sulfonamides is 1. The molecule has 1 aliphatic heterocycles. The lowest BCUT2D eigenvalue weighted by atomic mass is 9.85. The summed E-state index contributed by atoms with van der Waals surface area (Å²) in [7, 11) is -2.01. The van der Waals surface area contributed by atoms with Crippen LogP contribution in [0.1, 0.15) is 62.3 Å². The lowest BCUT2D eigenvalue weighted by Gasteiger charge is -2.32. The zero-order valence-electron chi connectivity index (χ0n) is 13.6. The summed E-state index contributed by atoms with van der Waals surface area (Å²) in [6, 6.07) is 1.13. The molecule has 4 rings (SSSR count). The van der Waals surface area contributed by atoms with E-state index in [1.54, 1.807) is 7.05 Å². The Balaban J connectivity index is 1.66. The monoisotopic (exact) mass is 351 g/mol. The SMILES string of the molecule is Cn1nccc1S(=O)(=O)N1CCCC[C@H]1c1nnc(C2CCC2)o1. The lowest BCUT2D eigenvalue weighted by molar-refractivity contribution is 0.209. The Labute approximate surface area is 140 Å². The highest BCUT2D eigenvalue weighted by Gasteiger charge is 2.39. The molecule has 0 amide bonds. The molecular formula is C15H21N5O3S. The van der Waals surface area contributed by atoms with E-state index < -0.39 is 10.0 Å². The topological polar surface area (TPSA) is 94.1 Å². The first-order valence-corrected chi connectivity index (χ1v) is 9.84. The summed E-state index contributed by atoms with van der Waals surface area (Å²) in [6.07, 6.45) is 7.30. The van der Waals surface area contributed by atoms with E-state index in [0.717, 1.165) is 25.7 Å². The Bertz CT molecular complexity index is 824. The molecule has 130 valence electrons. The molecule has 1 saturated heterocycles. The van der Waals surface area contributed by atoms with Gasteiger partial charge in [-0.1, -0.05) is 12.8 Å². The van der Waals surface area contributed by atoms with Crippen LogP contribution in [0.2, 0.25) is 0 Å². The van der Waals surface area contributed by atoms with E-state index in [4.69, 9.17) is 4.42 Å². The van der Waals surface area contributed by atoms with Gasteiger partial charge in [-0.3, -0.25) is 4.68 Å². The van der Waals surface area contributed by atoms with E-state index in [0.29, 0.717) is 30.7 Å². The van der Waals surface area contributed by atoms with Crippen LogP contribution >= 0.6 is 0 Å². The Hall–Kier alpha value is -1.74. The summed E-state index contributed by atoms with van der Waals surface area (Å²) < 4.78 is 34.8. The fourth-order valence-corrected chi connectivity index (χ4v) is 5.13. The minimum Gasteiger partial charge on any atom is -0.423 e. The minimum atomic E-state index is -3.64. The van der Waals surface area contributed by atoms with Crippen LogP contribution in [0.3, 0.4) is 0 Å². The molecule has 0 unspecified atom stereocenters. The van der Waals surface area contributed by atoms with Gasteiger partial charge >= 0.3 is 0 Å². The summed E-state index contributed by atoms with van der Waals surface area (Å²) in [5, 5.41) is 12.5. The highest BCUT2D eigenvalue weighted by molar-refractivity contribution is 7.89. The van der Waals surface area contributed by atoms with Crippen LogP contribution in [0.25, 0.3) is 0 Å². The molecule has 0 aromatic carbocycles. The smallest absolute Gasteiger partial charge is 0.260 e. The molecule has 0 bridgehead atoms. The number of rotatable bonds is 4. The number of piperidine rings is 1. The Morgan fingerprint density at radius 1 is 1.12 bits per heavy atom. The highest BCUT2D eigenvalue weighted by atomic mass is 32.2. The molecule has 9 heteroatoms. The van der Waals surface area contributed by atoms with Crippen molar-refractivity contribution in [1.29, 1.82) is 0 Å². The molecule has 1 saturated carbocycles. The molecule has 2 aliphatic rings. The summed E-state index contributed by atoms with van der Waals surface area (Å²) >= 11 is 0. The van der Waals surface area contributed by atoms with Gasteiger partial charge in [0.15, 0.2) is 5.03 Å². The van der Waals surface area contributed by atoms with Crippen molar-refractivity contribution < 1.29 is 12.8 Å². The van der Waals surface area contributed by atoms with E-state index in [1.807, 2.05) is 0 Å². The van der Waals surface area contributed by atoms with Crippen molar-refractivity contribution in [1.82, 2.24) is 24.3 Å². The largest absolute Gasteiger partial charge is 0.423 e. The third-order valence-electron chi connectivity index (χ3n) is 5.00. The molecule has 2 aromatic rings. The Kier molecular flexibility index (Phi) is 3.92. The quantitative estimate of drug-likeness (QED) is 0.836. The maximum atomic E-state index is 13.0. The second-order valence-corrected chi connectivity index (χ2v) is 8.36. The minimum absolute atomic E-state index is 0.188. The molecule has 0 N–H and O–H groups in total. The van der Waals surface area contributed by atoms with E-state index in [-0.39, 0.29) is 11.1 Å². The number of hydrogen-bond donors (Lipinski definition) is 0. The van der Waals surface area contributed by atoms with Gasteiger partial charge < -0.3 is 4.42 Å². The van der Waals surface area contributed by atoms with Gasteiger partial charge in [0.2, 0.25) is 11.8 Å². The Morgan fingerprint density at radius 3 is 2.58 bits per heavy atom. The third kappa shape index (κ3) is 2.55. The average Bonchev–Trinajstić information content (AvgIpc) is 3.15. The van der Waals surface area contributed by atoms with Crippen molar-refractivity contribution >= 4 is 10.0 Å². The molecule has 2 fully saturated rings. The predicted octanol–water partition coefficient (Wildman–Crippen LogP) is 1.99. The summed E-state index contributed by atoms with van der Waals surface area (Å²) in [4.78, 5) is 0. The first-order chi connectivity index (χ1) is 11.6. The molecule has 3 heterocycles. The van der Waals surface area contributed by atoms with E-state index in [9.17, 15) is 8.42 Å². The maximum Gasteiger partial charge on any atom is 0.260 e.